The van der Waals surface area contributed by atoms with Crippen LogP contribution < -0.4 is 10.2 Å². The van der Waals surface area contributed by atoms with Crippen LogP contribution in [0.15, 0.2) is 29.2 Å². The lowest BCUT2D eigenvalue weighted by atomic mass is 10.3. The number of hydrogen-bond donors (Lipinski definition) is 1. The second kappa shape index (κ2) is 6.40. The Kier molecular flexibility index (Phi) is 5.14. The van der Waals surface area contributed by atoms with Gasteiger partial charge in [0.2, 0.25) is 0 Å². The van der Waals surface area contributed by atoms with Crippen LogP contribution in [0.5, 0.6) is 5.75 Å². The minimum atomic E-state index is -0.201. The number of benzene rings is 1. The molecule has 5 heteroatoms. The molecule has 0 aliphatic heterocycles. The van der Waals surface area contributed by atoms with Crippen molar-refractivity contribution >= 4 is 17.7 Å². The van der Waals surface area contributed by atoms with E-state index >= 15 is 0 Å². The average Bonchev–Trinajstić information content (AvgIpc) is 2.30. The second-order valence-electron chi connectivity index (χ2n) is 3.11. The third kappa shape index (κ3) is 3.75. The van der Waals surface area contributed by atoms with Crippen molar-refractivity contribution < 1.29 is 14.4 Å². The molecular weight excluding hydrogens is 226 g/mol. The van der Waals surface area contributed by atoms with Crippen LogP contribution in [0, 0.1) is 0 Å². The lowest BCUT2D eigenvalue weighted by molar-refractivity contribution is -0.130. The number of amides is 1. The molecule has 1 rings (SSSR count). The van der Waals surface area contributed by atoms with Gasteiger partial charge in [-0.05, 0) is 31.2 Å². The topological polar surface area (TPSA) is 47.6 Å². The number of ether oxygens (including phenoxy) is 1. The van der Waals surface area contributed by atoms with Crippen LogP contribution in [0.2, 0.25) is 0 Å². The summed E-state index contributed by atoms with van der Waals surface area (Å²) in [5.74, 6) is 0.654. The summed E-state index contributed by atoms with van der Waals surface area (Å²) in [6.07, 6.45) is 0. The van der Waals surface area contributed by atoms with Crippen molar-refractivity contribution in [1.82, 2.24) is 5.48 Å². The van der Waals surface area contributed by atoms with Gasteiger partial charge in [0.05, 0.1) is 19.5 Å². The Morgan fingerprint density at radius 1 is 1.31 bits per heavy atom. The van der Waals surface area contributed by atoms with Gasteiger partial charge in [-0.3, -0.25) is 9.63 Å². The highest BCUT2D eigenvalue weighted by atomic mass is 32.2. The van der Waals surface area contributed by atoms with Gasteiger partial charge in [-0.15, -0.1) is 11.8 Å². The van der Waals surface area contributed by atoms with E-state index in [9.17, 15) is 4.79 Å². The van der Waals surface area contributed by atoms with Gasteiger partial charge in [0.25, 0.3) is 5.91 Å². The smallest absolute Gasteiger partial charge is 0.256 e. The first kappa shape index (κ1) is 12.9. The summed E-state index contributed by atoms with van der Waals surface area (Å²) in [5, 5.41) is -0.201. The molecule has 88 valence electrons. The summed E-state index contributed by atoms with van der Waals surface area (Å²) in [6, 6.07) is 7.56. The Balaban J connectivity index is 2.55. The monoisotopic (exact) mass is 241 g/mol. The number of hydroxylamine groups is 1. The normalized spacial score (nSPS) is 11.9. The summed E-state index contributed by atoms with van der Waals surface area (Å²) >= 11 is 1.46. The van der Waals surface area contributed by atoms with E-state index in [0.717, 1.165) is 10.6 Å². The fraction of sp³-hybridized carbons (Fsp3) is 0.364. The van der Waals surface area contributed by atoms with Crippen molar-refractivity contribution in [1.29, 1.82) is 0 Å². The van der Waals surface area contributed by atoms with Gasteiger partial charge >= 0.3 is 0 Å². The quantitative estimate of drug-likeness (QED) is 0.631. The van der Waals surface area contributed by atoms with Gasteiger partial charge in [0, 0.05) is 4.90 Å². The first-order valence-corrected chi connectivity index (χ1v) is 5.69. The molecule has 0 aromatic heterocycles. The van der Waals surface area contributed by atoms with Crippen molar-refractivity contribution in [3.8, 4) is 5.75 Å². The Hall–Kier alpha value is -1.20. The molecule has 0 unspecified atom stereocenters. The van der Waals surface area contributed by atoms with Crippen molar-refractivity contribution in [3.63, 3.8) is 0 Å². The standard InChI is InChI=1S/C11H15NO3S/c1-8(11(13)12-15-3)16-10-6-4-9(14-2)5-7-10/h4-8H,1-3H3,(H,12,13)/t8-/m0/s1. The largest absolute Gasteiger partial charge is 0.497 e. The lowest BCUT2D eigenvalue weighted by Gasteiger charge is -2.10. The maximum atomic E-state index is 11.4. The number of thioether (sulfide) groups is 1. The summed E-state index contributed by atoms with van der Waals surface area (Å²) < 4.78 is 5.05. The molecule has 0 bridgehead atoms. The fourth-order valence-corrected chi connectivity index (χ4v) is 1.95. The molecule has 0 saturated heterocycles. The minimum Gasteiger partial charge on any atom is -0.497 e. The average molecular weight is 241 g/mol. The van der Waals surface area contributed by atoms with Gasteiger partial charge in [-0.2, -0.15) is 0 Å². The van der Waals surface area contributed by atoms with Crippen LogP contribution in [-0.4, -0.2) is 25.4 Å². The number of carbonyl (C=O) groups is 1. The molecule has 0 aliphatic rings. The molecule has 1 amide bonds. The number of methoxy groups -OCH3 is 1. The van der Waals surface area contributed by atoms with Gasteiger partial charge in [0.15, 0.2) is 0 Å². The van der Waals surface area contributed by atoms with E-state index in [1.807, 2.05) is 31.2 Å². The van der Waals surface area contributed by atoms with E-state index in [-0.39, 0.29) is 11.2 Å². The maximum Gasteiger partial charge on any atom is 0.256 e. The van der Waals surface area contributed by atoms with E-state index in [4.69, 9.17) is 4.74 Å². The summed E-state index contributed by atoms with van der Waals surface area (Å²) in [5.41, 5.74) is 2.30. The Bertz CT molecular complexity index is 340. The molecule has 1 N–H and O–H groups in total. The SMILES string of the molecule is CONC(=O)[C@H](C)Sc1ccc(OC)cc1. The third-order valence-corrected chi connectivity index (χ3v) is 3.06. The zero-order valence-corrected chi connectivity index (χ0v) is 10.3. The molecular formula is C11H15NO3S. The van der Waals surface area contributed by atoms with Crippen molar-refractivity contribution in [2.75, 3.05) is 14.2 Å². The number of rotatable bonds is 5. The Morgan fingerprint density at radius 2 is 1.94 bits per heavy atom. The van der Waals surface area contributed by atoms with Gasteiger partial charge < -0.3 is 4.74 Å². The molecule has 0 heterocycles. The molecule has 0 fully saturated rings. The van der Waals surface area contributed by atoms with Crippen LogP contribution in [0.4, 0.5) is 0 Å². The lowest BCUT2D eigenvalue weighted by Crippen LogP contribution is -2.29. The molecule has 4 nitrogen and oxygen atoms in total. The molecule has 16 heavy (non-hydrogen) atoms. The highest BCUT2D eigenvalue weighted by Crippen LogP contribution is 2.25. The highest BCUT2D eigenvalue weighted by molar-refractivity contribution is 8.00. The molecule has 0 spiro atoms. The molecule has 0 aliphatic carbocycles. The maximum absolute atomic E-state index is 11.4. The summed E-state index contributed by atoms with van der Waals surface area (Å²) in [7, 11) is 3.04. The zero-order chi connectivity index (χ0) is 12.0. The van der Waals surface area contributed by atoms with Gasteiger partial charge in [0.1, 0.15) is 5.75 Å². The van der Waals surface area contributed by atoms with E-state index in [0.29, 0.717) is 0 Å². The first-order valence-electron chi connectivity index (χ1n) is 4.81. The summed E-state index contributed by atoms with van der Waals surface area (Å²) in [6.45, 7) is 1.82. The van der Waals surface area contributed by atoms with Crippen LogP contribution in [0.1, 0.15) is 6.92 Å². The predicted molar refractivity (Wildman–Crippen MR) is 63.5 cm³/mol. The number of nitrogens with one attached hydrogen (secondary N) is 1. The molecule has 1 atom stereocenters. The minimum absolute atomic E-state index is 0.150. The van der Waals surface area contributed by atoms with Gasteiger partial charge in [-0.25, -0.2) is 5.48 Å². The van der Waals surface area contributed by atoms with Gasteiger partial charge in [-0.1, -0.05) is 0 Å². The van der Waals surface area contributed by atoms with Crippen LogP contribution in [0.25, 0.3) is 0 Å². The van der Waals surface area contributed by atoms with Crippen LogP contribution in [-0.2, 0) is 9.63 Å². The number of carbonyl (C=O) groups excluding carboxylic acids is 1. The van der Waals surface area contributed by atoms with Crippen LogP contribution in [0.3, 0.4) is 0 Å². The molecule has 0 saturated carbocycles. The fourth-order valence-electron chi connectivity index (χ4n) is 1.10. The van der Waals surface area contributed by atoms with E-state index in [1.165, 1.54) is 18.9 Å². The zero-order valence-electron chi connectivity index (χ0n) is 9.52. The van der Waals surface area contributed by atoms with Crippen molar-refractivity contribution in [3.05, 3.63) is 24.3 Å². The highest BCUT2D eigenvalue weighted by Gasteiger charge is 2.13. The Morgan fingerprint density at radius 3 is 2.44 bits per heavy atom. The second-order valence-corrected chi connectivity index (χ2v) is 4.52. The third-order valence-electron chi connectivity index (χ3n) is 1.94. The van der Waals surface area contributed by atoms with E-state index in [1.54, 1.807) is 7.11 Å². The molecule has 0 radical (unpaired) electrons. The van der Waals surface area contributed by atoms with Crippen molar-refractivity contribution in [2.45, 2.75) is 17.1 Å². The predicted octanol–water partition coefficient (Wildman–Crippen LogP) is 1.85. The van der Waals surface area contributed by atoms with Crippen molar-refractivity contribution in [2.24, 2.45) is 0 Å². The summed E-state index contributed by atoms with van der Waals surface area (Å²) in [4.78, 5) is 17.0. The van der Waals surface area contributed by atoms with E-state index < -0.39 is 0 Å². The first-order chi connectivity index (χ1) is 7.67. The molecule has 1 aromatic carbocycles. The number of hydrogen-bond acceptors (Lipinski definition) is 4. The van der Waals surface area contributed by atoms with Crippen LogP contribution >= 0.6 is 11.8 Å². The Labute approximate surface area is 99.3 Å². The van der Waals surface area contributed by atoms with E-state index in [2.05, 4.69) is 10.3 Å². The molecule has 1 aromatic rings.